The van der Waals surface area contributed by atoms with E-state index in [2.05, 4.69) is 51.1 Å². The van der Waals surface area contributed by atoms with Crippen LogP contribution >= 0.6 is 0 Å². The first kappa shape index (κ1) is 10.5. The number of benzene rings is 1. The molecule has 1 aliphatic carbocycles. The van der Waals surface area contributed by atoms with Gasteiger partial charge in [-0.25, -0.2) is 0 Å². The minimum Gasteiger partial charge on any atom is -0.0824 e. The van der Waals surface area contributed by atoms with Crippen molar-refractivity contribution in [2.75, 3.05) is 0 Å². The lowest BCUT2D eigenvalue weighted by atomic mass is 9.77. The van der Waals surface area contributed by atoms with Gasteiger partial charge in [-0.15, -0.1) is 0 Å². The maximum Gasteiger partial charge on any atom is -0.0182 e. The van der Waals surface area contributed by atoms with E-state index in [-0.39, 0.29) is 0 Å². The van der Waals surface area contributed by atoms with Crippen LogP contribution in [0.3, 0.4) is 0 Å². The third-order valence-electron chi connectivity index (χ3n) is 3.29. The molecule has 1 aliphatic rings. The van der Waals surface area contributed by atoms with Crippen LogP contribution < -0.4 is 0 Å². The van der Waals surface area contributed by atoms with Gasteiger partial charge in [-0.05, 0) is 49.7 Å². The molecule has 80 valence electrons. The molecule has 0 nitrogen and oxygen atoms in total. The van der Waals surface area contributed by atoms with E-state index < -0.39 is 0 Å². The lowest BCUT2D eigenvalue weighted by Crippen LogP contribution is -2.15. The maximum atomic E-state index is 2.44. The average Bonchev–Trinajstić information content (AvgIpc) is 2.16. The van der Waals surface area contributed by atoms with Crippen molar-refractivity contribution < 1.29 is 0 Å². The van der Waals surface area contributed by atoms with Crippen LogP contribution in [0.2, 0.25) is 0 Å². The van der Waals surface area contributed by atoms with Gasteiger partial charge >= 0.3 is 0 Å². The third-order valence-corrected chi connectivity index (χ3v) is 3.29. The number of hydrogen-bond donors (Lipinski definition) is 0. The highest BCUT2D eigenvalue weighted by Gasteiger charge is 2.21. The minimum atomic E-state index is 0.718. The summed E-state index contributed by atoms with van der Waals surface area (Å²) in [6, 6.07) is 8.91. The van der Waals surface area contributed by atoms with Gasteiger partial charge in [-0.2, -0.15) is 0 Å². The Labute approximate surface area is 93.0 Å². The SMILES string of the molecule is CC(C)=CC1Cc2ccccc2C(C)C1. The molecule has 1 aromatic carbocycles. The van der Waals surface area contributed by atoms with Crippen LogP contribution in [0.1, 0.15) is 44.2 Å². The molecule has 15 heavy (non-hydrogen) atoms. The molecule has 0 amide bonds. The molecule has 0 heteroatoms. The zero-order valence-electron chi connectivity index (χ0n) is 9.96. The molecule has 2 rings (SSSR count). The molecule has 0 saturated carbocycles. The fourth-order valence-corrected chi connectivity index (χ4v) is 2.75. The van der Waals surface area contributed by atoms with Gasteiger partial charge in [-0.3, -0.25) is 0 Å². The zero-order chi connectivity index (χ0) is 10.8. The second-order valence-corrected chi connectivity index (χ2v) is 5.04. The van der Waals surface area contributed by atoms with E-state index in [4.69, 9.17) is 0 Å². The molecular formula is C15H20. The summed E-state index contributed by atoms with van der Waals surface area (Å²) >= 11 is 0. The summed E-state index contributed by atoms with van der Waals surface area (Å²) in [5.74, 6) is 1.47. The monoisotopic (exact) mass is 200 g/mol. The Kier molecular flexibility index (Phi) is 2.95. The normalized spacial score (nSPS) is 24.5. The highest BCUT2D eigenvalue weighted by Crippen LogP contribution is 2.35. The van der Waals surface area contributed by atoms with Gasteiger partial charge in [0, 0.05) is 0 Å². The quantitative estimate of drug-likeness (QED) is 0.592. The third kappa shape index (κ3) is 2.31. The van der Waals surface area contributed by atoms with Gasteiger partial charge < -0.3 is 0 Å². The molecule has 2 atom stereocenters. The topological polar surface area (TPSA) is 0 Å². The summed E-state index contributed by atoms with van der Waals surface area (Å²) in [6.07, 6.45) is 4.97. The van der Waals surface area contributed by atoms with Gasteiger partial charge in [0.05, 0.1) is 0 Å². The summed E-state index contributed by atoms with van der Waals surface area (Å²) in [7, 11) is 0. The van der Waals surface area contributed by atoms with E-state index in [1.807, 2.05) is 0 Å². The van der Waals surface area contributed by atoms with Gasteiger partial charge in [0.1, 0.15) is 0 Å². The summed E-state index contributed by atoms with van der Waals surface area (Å²) in [6.45, 7) is 6.75. The van der Waals surface area contributed by atoms with Crippen molar-refractivity contribution in [3.63, 3.8) is 0 Å². The summed E-state index contributed by atoms with van der Waals surface area (Å²) in [4.78, 5) is 0. The van der Waals surface area contributed by atoms with E-state index >= 15 is 0 Å². The van der Waals surface area contributed by atoms with Crippen LogP contribution in [0.4, 0.5) is 0 Å². The highest BCUT2D eigenvalue weighted by molar-refractivity contribution is 5.33. The van der Waals surface area contributed by atoms with Crippen LogP contribution in [0, 0.1) is 5.92 Å². The van der Waals surface area contributed by atoms with Crippen LogP contribution in [-0.2, 0) is 6.42 Å². The first-order valence-electron chi connectivity index (χ1n) is 5.89. The van der Waals surface area contributed by atoms with Crippen LogP contribution in [0.15, 0.2) is 35.9 Å². The first-order chi connectivity index (χ1) is 7.16. The number of rotatable bonds is 1. The molecule has 0 heterocycles. The Balaban J connectivity index is 2.26. The fourth-order valence-electron chi connectivity index (χ4n) is 2.75. The van der Waals surface area contributed by atoms with E-state index in [0.29, 0.717) is 0 Å². The molecule has 0 bridgehead atoms. The molecule has 0 aliphatic heterocycles. The standard InChI is InChI=1S/C15H20/c1-11(2)8-13-9-12(3)15-7-5-4-6-14(15)10-13/h4-8,12-13H,9-10H2,1-3H3. The fraction of sp³-hybridized carbons (Fsp3) is 0.467. The Morgan fingerprint density at radius 2 is 2.00 bits per heavy atom. The minimum absolute atomic E-state index is 0.718. The van der Waals surface area contributed by atoms with E-state index in [9.17, 15) is 0 Å². The van der Waals surface area contributed by atoms with Gasteiger partial charge in [0.2, 0.25) is 0 Å². The average molecular weight is 200 g/mol. The van der Waals surface area contributed by atoms with E-state index in [0.717, 1.165) is 11.8 Å². The summed E-state index contributed by atoms with van der Waals surface area (Å²) in [5.41, 5.74) is 4.57. The molecular weight excluding hydrogens is 180 g/mol. The van der Waals surface area contributed by atoms with Crippen LogP contribution in [-0.4, -0.2) is 0 Å². The second kappa shape index (κ2) is 4.22. The number of fused-ring (bicyclic) bond motifs is 1. The van der Waals surface area contributed by atoms with Crippen molar-refractivity contribution in [1.82, 2.24) is 0 Å². The molecule has 1 aromatic rings. The maximum absolute atomic E-state index is 2.44. The molecule has 0 spiro atoms. The largest absolute Gasteiger partial charge is 0.0824 e. The first-order valence-corrected chi connectivity index (χ1v) is 5.89. The predicted octanol–water partition coefficient (Wildman–Crippen LogP) is 4.32. The second-order valence-electron chi connectivity index (χ2n) is 5.04. The lowest BCUT2D eigenvalue weighted by Gasteiger charge is -2.28. The molecule has 2 unspecified atom stereocenters. The highest BCUT2D eigenvalue weighted by atomic mass is 14.3. The molecule has 0 radical (unpaired) electrons. The Bertz CT molecular complexity index is 369. The summed E-state index contributed by atoms with van der Waals surface area (Å²) < 4.78 is 0. The van der Waals surface area contributed by atoms with Crippen molar-refractivity contribution in [3.05, 3.63) is 47.0 Å². The number of hydrogen-bond acceptors (Lipinski definition) is 0. The zero-order valence-corrected chi connectivity index (χ0v) is 9.96. The molecule has 0 N–H and O–H groups in total. The van der Waals surface area contributed by atoms with E-state index in [1.165, 1.54) is 18.4 Å². The van der Waals surface area contributed by atoms with Crippen molar-refractivity contribution in [1.29, 1.82) is 0 Å². The number of allylic oxidation sites excluding steroid dienone is 2. The van der Waals surface area contributed by atoms with Gasteiger partial charge in [0.15, 0.2) is 0 Å². The lowest BCUT2D eigenvalue weighted by molar-refractivity contribution is 0.489. The smallest absolute Gasteiger partial charge is 0.0182 e. The van der Waals surface area contributed by atoms with Crippen LogP contribution in [0.5, 0.6) is 0 Å². The molecule has 0 fully saturated rings. The Hall–Kier alpha value is -1.04. The van der Waals surface area contributed by atoms with Crippen molar-refractivity contribution in [3.8, 4) is 0 Å². The Morgan fingerprint density at radius 3 is 2.73 bits per heavy atom. The molecule has 0 aromatic heterocycles. The van der Waals surface area contributed by atoms with Crippen molar-refractivity contribution in [2.24, 2.45) is 5.92 Å². The predicted molar refractivity (Wildman–Crippen MR) is 66.1 cm³/mol. The van der Waals surface area contributed by atoms with E-state index in [1.54, 1.807) is 11.1 Å². The van der Waals surface area contributed by atoms with Crippen molar-refractivity contribution >= 4 is 0 Å². The Morgan fingerprint density at radius 1 is 1.27 bits per heavy atom. The summed E-state index contributed by atoms with van der Waals surface area (Å²) in [5, 5.41) is 0. The van der Waals surface area contributed by atoms with Crippen LogP contribution in [0.25, 0.3) is 0 Å². The van der Waals surface area contributed by atoms with Gasteiger partial charge in [-0.1, -0.05) is 42.8 Å². The molecule has 0 saturated heterocycles. The van der Waals surface area contributed by atoms with Crippen molar-refractivity contribution in [2.45, 2.75) is 39.5 Å². The van der Waals surface area contributed by atoms with Gasteiger partial charge in [0.25, 0.3) is 0 Å².